The lowest BCUT2D eigenvalue weighted by Crippen LogP contribution is -2.54. The lowest BCUT2D eigenvalue weighted by Gasteiger charge is -2.32. The molecule has 4 aliphatic heterocycles. The number of urea groups is 1. The van der Waals surface area contributed by atoms with Gasteiger partial charge in [0.25, 0.3) is 5.91 Å². The van der Waals surface area contributed by atoms with E-state index < -0.39 is 40.8 Å². The Labute approximate surface area is 279 Å². The maximum atomic E-state index is 17.0. The Hall–Kier alpha value is -4.72. The molecule has 2 aromatic carbocycles. The van der Waals surface area contributed by atoms with Gasteiger partial charge in [0.2, 0.25) is 0 Å². The van der Waals surface area contributed by atoms with E-state index in [2.05, 4.69) is 25.5 Å². The third-order valence-electron chi connectivity index (χ3n) is 10.7. The molecular formula is C35H36F3N7O4. The number of nitrogens with zero attached hydrogens (tertiary/aromatic N) is 5. The summed E-state index contributed by atoms with van der Waals surface area (Å²) in [6, 6.07) is 5.00. The molecule has 3 N–H and O–H groups in total. The van der Waals surface area contributed by atoms with Crippen molar-refractivity contribution < 1.29 is 32.6 Å². The number of ether oxygens (including phenoxy) is 1. The number of nitrogens with one attached hydrogen (secondary N) is 2. The molecule has 4 aliphatic rings. The lowest BCUT2D eigenvalue weighted by atomic mass is 9.93. The second-order valence-corrected chi connectivity index (χ2v) is 13.7. The standard InChI is InChI=1S/C35H36F3N7O4/c1-2-22-25(37)7-6-19-12-21(46)13-23(26(19)22)28-27(38)29-24(15-39-28)30(44-10-4-3-9-35(17-44)31(47)42-32(48)43-35)41-33(40-29)49-18-34-8-5-11-45(34)16-20(36)14-34/h6-7,12-13,15,20,46H,2-5,8-11,14,16-18H2,1H3,(H2,42,43,47,48)/t20-,34+,35?/m1/s1. The van der Waals surface area contributed by atoms with Gasteiger partial charge in [-0.3, -0.25) is 20.0 Å². The minimum absolute atomic E-state index is 0.0665. The van der Waals surface area contributed by atoms with Gasteiger partial charge in [-0.25, -0.2) is 18.0 Å². The molecule has 6 heterocycles. The van der Waals surface area contributed by atoms with Gasteiger partial charge in [0, 0.05) is 31.3 Å². The summed E-state index contributed by atoms with van der Waals surface area (Å²) in [5.41, 5.74) is -1.42. The highest BCUT2D eigenvalue weighted by molar-refractivity contribution is 6.07. The summed E-state index contributed by atoms with van der Waals surface area (Å²) in [4.78, 5) is 43.0. The zero-order chi connectivity index (χ0) is 34.1. The molecule has 11 nitrogen and oxygen atoms in total. The number of amides is 3. The van der Waals surface area contributed by atoms with Crippen LogP contribution in [-0.2, 0) is 11.2 Å². The van der Waals surface area contributed by atoms with Crippen molar-refractivity contribution in [3.63, 3.8) is 0 Å². The van der Waals surface area contributed by atoms with Crippen LogP contribution in [0.5, 0.6) is 11.8 Å². The van der Waals surface area contributed by atoms with Crippen LogP contribution in [-0.4, -0.2) is 86.9 Å². The van der Waals surface area contributed by atoms with Crippen molar-refractivity contribution in [2.24, 2.45) is 0 Å². The van der Waals surface area contributed by atoms with Crippen molar-refractivity contribution in [2.45, 2.75) is 69.1 Å². The number of benzene rings is 2. The predicted octanol–water partition coefficient (Wildman–Crippen LogP) is 4.91. The average Bonchev–Trinajstić information content (AvgIpc) is 3.62. The molecule has 8 rings (SSSR count). The van der Waals surface area contributed by atoms with Crippen molar-refractivity contribution >= 4 is 39.4 Å². The van der Waals surface area contributed by atoms with Crippen LogP contribution in [0.25, 0.3) is 32.9 Å². The number of aromatic nitrogens is 3. The van der Waals surface area contributed by atoms with Crippen molar-refractivity contribution in [1.82, 2.24) is 30.5 Å². The average molecular weight is 676 g/mol. The van der Waals surface area contributed by atoms with Gasteiger partial charge < -0.3 is 20.1 Å². The maximum absolute atomic E-state index is 17.0. The first-order valence-electron chi connectivity index (χ1n) is 16.8. The topological polar surface area (TPSA) is 133 Å². The second-order valence-electron chi connectivity index (χ2n) is 13.7. The zero-order valence-electron chi connectivity index (χ0n) is 27.0. The van der Waals surface area contributed by atoms with Gasteiger partial charge in [-0.1, -0.05) is 13.0 Å². The van der Waals surface area contributed by atoms with E-state index in [-0.39, 0.29) is 52.9 Å². The Morgan fingerprint density at radius 3 is 2.76 bits per heavy atom. The van der Waals surface area contributed by atoms with E-state index >= 15 is 8.78 Å². The van der Waals surface area contributed by atoms with Gasteiger partial charge in [-0.2, -0.15) is 9.97 Å². The number of carbonyl (C=O) groups excluding carboxylic acids is 2. The highest BCUT2D eigenvalue weighted by Gasteiger charge is 2.50. The highest BCUT2D eigenvalue weighted by atomic mass is 19.1. The van der Waals surface area contributed by atoms with Gasteiger partial charge in [0.1, 0.15) is 46.9 Å². The third-order valence-corrected chi connectivity index (χ3v) is 10.7. The van der Waals surface area contributed by atoms with Gasteiger partial charge in [-0.05, 0) is 79.6 Å². The molecule has 3 atom stereocenters. The van der Waals surface area contributed by atoms with Gasteiger partial charge >= 0.3 is 12.0 Å². The second kappa shape index (κ2) is 11.7. The fourth-order valence-electron chi connectivity index (χ4n) is 8.40. The molecule has 0 aliphatic carbocycles. The Bertz CT molecular complexity index is 2030. The van der Waals surface area contributed by atoms with Crippen molar-refractivity contribution in [3.8, 4) is 23.0 Å². The fourth-order valence-corrected chi connectivity index (χ4v) is 8.40. The molecule has 4 saturated heterocycles. The number of rotatable bonds is 6. The van der Waals surface area contributed by atoms with E-state index in [1.54, 1.807) is 6.92 Å². The van der Waals surface area contributed by atoms with Gasteiger partial charge in [0.15, 0.2) is 5.82 Å². The Morgan fingerprint density at radius 1 is 1.10 bits per heavy atom. The lowest BCUT2D eigenvalue weighted by molar-refractivity contribution is -0.123. The molecule has 2 aromatic heterocycles. The number of alkyl halides is 1. The number of anilines is 1. The van der Waals surface area contributed by atoms with Crippen LogP contribution >= 0.6 is 0 Å². The first-order valence-corrected chi connectivity index (χ1v) is 16.8. The van der Waals surface area contributed by atoms with Crippen LogP contribution in [0.1, 0.15) is 51.0 Å². The Morgan fingerprint density at radius 2 is 1.96 bits per heavy atom. The van der Waals surface area contributed by atoms with Crippen molar-refractivity contribution in [1.29, 1.82) is 0 Å². The number of hydrogen-bond acceptors (Lipinski definition) is 9. The Kier molecular flexibility index (Phi) is 7.54. The van der Waals surface area contributed by atoms with Crippen LogP contribution in [0.2, 0.25) is 0 Å². The molecule has 1 spiro atoms. The molecule has 4 fully saturated rings. The summed E-state index contributed by atoms with van der Waals surface area (Å²) >= 11 is 0. The summed E-state index contributed by atoms with van der Waals surface area (Å²) in [7, 11) is 0. The maximum Gasteiger partial charge on any atom is 0.322 e. The fraction of sp³-hybridized carbons (Fsp3) is 0.457. The number of aryl methyl sites for hydroxylation is 1. The number of hydrogen-bond donors (Lipinski definition) is 3. The number of phenolic OH excluding ortho intramolecular Hbond substituents is 1. The molecule has 49 heavy (non-hydrogen) atoms. The van der Waals surface area contributed by atoms with Crippen LogP contribution in [0, 0.1) is 11.6 Å². The number of imide groups is 1. The van der Waals surface area contributed by atoms with Crippen molar-refractivity contribution in [3.05, 3.63) is 47.7 Å². The first kappa shape index (κ1) is 31.5. The molecule has 0 saturated carbocycles. The summed E-state index contributed by atoms with van der Waals surface area (Å²) in [5, 5.41) is 16.9. The molecule has 256 valence electrons. The minimum Gasteiger partial charge on any atom is -0.508 e. The summed E-state index contributed by atoms with van der Waals surface area (Å²) in [5.74, 6) is -1.59. The zero-order valence-corrected chi connectivity index (χ0v) is 27.0. The van der Waals surface area contributed by atoms with Crippen molar-refractivity contribution in [2.75, 3.05) is 37.7 Å². The van der Waals surface area contributed by atoms with Gasteiger partial charge in [-0.15, -0.1) is 0 Å². The monoisotopic (exact) mass is 675 g/mol. The predicted molar refractivity (Wildman–Crippen MR) is 175 cm³/mol. The molecule has 4 aromatic rings. The smallest absolute Gasteiger partial charge is 0.322 e. The molecule has 3 amide bonds. The van der Waals surface area contributed by atoms with Crippen LogP contribution in [0.4, 0.5) is 23.8 Å². The van der Waals surface area contributed by atoms with Crippen LogP contribution in [0.15, 0.2) is 30.5 Å². The molecule has 14 heteroatoms. The first-order chi connectivity index (χ1) is 23.6. The summed E-state index contributed by atoms with van der Waals surface area (Å²) in [6.45, 7) is 3.51. The van der Waals surface area contributed by atoms with Gasteiger partial charge in [0.05, 0.1) is 17.5 Å². The summed E-state index contributed by atoms with van der Waals surface area (Å²) in [6.07, 6.45) is 4.48. The molecular weight excluding hydrogens is 639 g/mol. The van der Waals surface area contributed by atoms with Crippen LogP contribution in [0.3, 0.4) is 0 Å². The normalized spacial score (nSPS) is 25.6. The summed E-state index contributed by atoms with van der Waals surface area (Å²) < 4.78 is 52.8. The highest BCUT2D eigenvalue weighted by Crippen LogP contribution is 2.42. The van der Waals surface area contributed by atoms with Crippen LogP contribution < -0.4 is 20.3 Å². The molecule has 0 bridgehead atoms. The molecule has 0 radical (unpaired) electrons. The number of aromatic hydroxyl groups is 1. The number of fused-ring (bicyclic) bond motifs is 3. The van der Waals surface area contributed by atoms with E-state index in [1.165, 1.54) is 30.5 Å². The number of pyridine rings is 1. The minimum atomic E-state index is -1.21. The van der Waals surface area contributed by atoms with E-state index in [0.717, 1.165) is 19.4 Å². The van der Waals surface area contributed by atoms with E-state index in [4.69, 9.17) is 9.72 Å². The number of halogens is 3. The quantitative estimate of drug-likeness (QED) is 0.244. The van der Waals surface area contributed by atoms with E-state index in [0.29, 0.717) is 61.5 Å². The largest absolute Gasteiger partial charge is 0.508 e. The Balaban J connectivity index is 1.28. The van der Waals surface area contributed by atoms with E-state index in [1.807, 2.05) is 4.90 Å². The number of carbonyl (C=O) groups is 2. The molecule has 1 unspecified atom stereocenters. The van der Waals surface area contributed by atoms with E-state index in [9.17, 15) is 19.1 Å². The SMILES string of the molecule is CCc1c(F)ccc2cc(O)cc(-c3ncc4c(N5CCCCC6(C5)NC(=O)NC6=O)nc(OC[C@@]56CCCN5C[C@H](F)C6)nc4c3F)c12. The number of phenols is 1. The third kappa shape index (κ3) is 5.18.